The van der Waals surface area contributed by atoms with E-state index in [0.717, 1.165) is 0 Å². The summed E-state index contributed by atoms with van der Waals surface area (Å²) in [5.41, 5.74) is 0. The first-order valence-corrected chi connectivity index (χ1v) is 5.47. The second-order valence-electron chi connectivity index (χ2n) is 2.74. The molecule has 0 fully saturated rings. The van der Waals surface area contributed by atoms with E-state index in [2.05, 4.69) is 15.3 Å². The van der Waals surface area contributed by atoms with Gasteiger partial charge in [0, 0.05) is 6.20 Å². The van der Waals surface area contributed by atoms with Crippen LogP contribution in [0, 0.1) is 0 Å². The minimum atomic E-state index is -3.70. The number of sulfonamides is 1. The molecule has 2 rings (SSSR count). The van der Waals surface area contributed by atoms with Gasteiger partial charge in [-0.2, -0.15) is 0 Å². The first-order valence-electron chi connectivity index (χ1n) is 3.93. The molecule has 2 heterocycles. The van der Waals surface area contributed by atoms with Crippen molar-refractivity contribution in [3.05, 3.63) is 30.7 Å². The molecule has 2 aromatic heterocycles. The van der Waals surface area contributed by atoms with Crippen LogP contribution in [-0.4, -0.2) is 28.4 Å². The lowest BCUT2D eigenvalue weighted by Gasteiger charge is -2.00. The van der Waals surface area contributed by atoms with Crippen molar-refractivity contribution in [2.75, 3.05) is 0 Å². The highest BCUT2D eigenvalue weighted by molar-refractivity contribution is 7.89. The summed E-state index contributed by atoms with van der Waals surface area (Å²) in [7, 11) is -3.70. The van der Waals surface area contributed by atoms with Crippen LogP contribution in [-0.2, 0) is 10.0 Å². The average molecular weight is 225 g/mol. The van der Waals surface area contributed by atoms with Gasteiger partial charge in [0.1, 0.15) is 4.90 Å². The molecule has 0 unspecified atom stereocenters. The molecule has 0 aliphatic carbocycles. The van der Waals surface area contributed by atoms with Gasteiger partial charge < -0.3 is 0 Å². The van der Waals surface area contributed by atoms with Crippen molar-refractivity contribution in [2.45, 2.75) is 4.90 Å². The van der Waals surface area contributed by atoms with E-state index in [9.17, 15) is 8.42 Å². The zero-order valence-corrected chi connectivity index (χ0v) is 8.29. The predicted molar refractivity (Wildman–Crippen MR) is 50.5 cm³/mol. The molecule has 0 aromatic carbocycles. The van der Waals surface area contributed by atoms with Gasteiger partial charge in [-0.1, -0.05) is 5.21 Å². The van der Waals surface area contributed by atoms with E-state index in [4.69, 9.17) is 5.14 Å². The molecule has 0 saturated heterocycles. The Bertz CT molecular complexity index is 546. The van der Waals surface area contributed by atoms with Gasteiger partial charge >= 0.3 is 0 Å². The Kier molecular flexibility index (Phi) is 2.21. The van der Waals surface area contributed by atoms with Crippen LogP contribution in [0.15, 0.2) is 35.6 Å². The van der Waals surface area contributed by atoms with E-state index in [0.29, 0.717) is 5.82 Å². The summed E-state index contributed by atoms with van der Waals surface area (Å²) in [6.45, 7) is 0. The predicted octanol–water partition coefficient (Wildman–Crippen LogP) is -0.690. The maximum Gasteiger partial charge on any atom is 0.239 e. The largest absolute Gasteiger partial charge is 0.239 e. The highest BCUT2D eigenvalue weighted by atomic mass is 32.2. The first kappa shape index (κ1) is 9.74. The Balaban J connectivity index is 2.42. The number of pyridine rings is 1. The zero-order chi connectivity index (χ0) is 10.9. The van der Waals surface area contributed by atoms with E-state index < -0.39 is 10.0 Å². The van der Waals surface area contributed by atoms with Crippen molar-refractivity contribution in [3.63, 3.8) is 0 Å². The lowest BCUT2D eigenvalue weighted by Crippen LogP contribution is -2.12. The fourth-order valence-electron chi connectivity index (χ4n) is 1.01. The van der Waals surface area contributed by atoms with Gasteiger partial charge in [0.05, 0.1) is 12.4 Å². The normalized spacial score (nSPS) is 11.5. The highest BCUT2D eigenvalue weighted by Gasteiger charge is 2.08. The minimum Gasteiger partial charge on any atom is -0.236 e. The zero-order valence-electron chi connectivity index (χ0n) is 7.48. The Morgan fingerprint density at radius 3 is 2.60 bits per heavy atom. The molecule has 2 aromatic rings. The number of hydrogen-bond donors (Lipinski definition) is 1. The third-order valence-electron chi connectivity index (χ3n) is 1.71. The lowest BCUT2D eigenvalue weighted by molar-refractivity contribution is 0.597. The van der Waals surface area contributed by atoms with Gasteiger partial charge in [-0.15, -0.1) is 5.10 Å². The fourth-order valence-corrected chi connectivity index (χ4v) is 1.46. The van der Waals surface area contributed by atoms with Crippen LogP contribution in [0.3, 0.4) is 0 Å². The van der Waals surface area contributed by atoms with Crippen molar-refractivity contribution in [1.82, 2.24) is 20.0 Å². The number of nitrogens with zero attached hydrogens (tertiary/aromatic N) is 4. The van der Waals surface area contributed by atoms with E-state index in [1.807, 2.05) is 0 Å². The lowest BCUT2D eigenvalue weighted by atomic mass is 10.5. The van der Waals surface area contributed by atoms with Crippen LogP contribution in [0.1, 0.15) is 0 Å². The molecule has 0 aliphatic heterocycles. The monoisotopic (exact) mass is 225 g/mol. The molecule has 0 atom stereocenters. The van der Waals surface area contributed by atoms with Gasteiger partial charge in [-0.25, -0.2) is 23.2 Å². The SMILES string of the molecule is NS(=O)(=O)c1ccc(-n2ccnn2)nc1. The Hall–Kier alpha value is -1.80. The van der Waals surface area contributed by atoms with E-state index in [1.54, 1.807) is 6.20 Å². The average Bonchev–Trinajstić information content (AvgIpc) is 2.69. The minimum absolute atomic E-state index is 0.0358. The van der Waals surface area contributed by atoms with Crippen LogP contribution < -0.4 is 5.14 Å². The van der Waals surface area contributed by atoms with Crippen molar-refractivity contribution >= 4 is 10.0 Å². The summed E-state index contributed by atoms with van der Waals surface area (Å²) in [5, 5.41) is 12.2. The third-order valence-corrected chi connectivity index (χ3v) is 2.61. The van der Waals surface area contributed by atoms with Crippen molar-refractivity contribution < 1.29 is 8.42 Å². The van der Waals surface area contributed by atoms with Gasteiger partial charge in [0.15, 0.2) is 5.82 Å². The summed E-state index contributed by atoms with van der Waals surface area (Å²) in [5.74, 6) is 0.472. The molecule has 0 bridgehead atoms. The van der Waals surface area contributed by atoms with Gasteiger partial charge in [-0.3, -0.25) is 0 Å². The van der Waals surface area contributed by atoms with Crippen LogP contribution in [0.2, 0.25) is 0 Å². The number of nitrogens with two attached hydrogens (primary N) is 1. The van der Waals surface area contributed by atoms with Crippen LogP contribution in [0.25, 0.3) is 5.82 Å². The van der Waals surface area contributed by atoms with Crippen LogP contribution in [0.4, 0.5) is 0 Å². The fraction of sp³-hybridized carbons (Fsp3) is 0. The smallest absolute Gasteiger partial charge is 0.236 e. The molecule has 0 saturated carbocycles. The van der Waals surface area contributed by atoms with Crippen molar-refractivity contribution in [2.24, 2.45) is 5.14 Å². The second kappa shape index (κ2) is 3.41. The number of hydrogen-bond acceptors (Lipinski definition) is 5. The van der Waals surface area contributed by atoms with Gasteiger partial charge in [0.2, 0.25) is 10.0 Å². The molecule has 8 heteroatoms. The maximum absolute atomic E-state index is 10.9. The standard InChI is InChI=1S/C7H7N5O2S/c8-15(13,14)6-1-2-7(9-5-6)12-4-3-10-11-12/h1-5H,(H2,8,13,14). The molecule has 2 N–H and O–H groups in total. The summed E-state index contributed by atoms with van der Waals surface area (Å²) in [6, 6.07) is 2.85. The number of rotatable bonds is 2. The van der Waals surface area contributed by atoms with Gasteiger partial charge in [0.25, 0.3) is 0 Å². The summed E-state index contributed by atoms with van der Waals surface area (Å²) in [6.07, 6.45) is 4.26. The van der Waals surface area contributed by atoms with Crippen molar-refractivity contribution in [3.8, 4) is 5.82 Å². The van der Waals surface area contributed by atoms with E-state index in [1.165, 1.54) is 29.2 Å². The molecule has 0 spiro atoms. The third kappa shape index (κ3) is 2.00. The van der Waals surface area contributed by atoms with Gasteiger partial charge in [-0.05, 0) is 12.1 Å². The van der Waals surface area contributed by atoms with Crippen molar-refractivity contribution in [1.29, 1.82) is 0 Å². The van der Waals surface area contributed by atoms with Crippen LogP contribution >= 0.6 is 0 Å². The molecule has 0 amide bonds. The molecule has 15 heavy (non-hydrogen) atoms. The number of aromatic nitrogens is 4. The van der Waals surface area contributed by atoms with E-state index in [-0.39, 0.29) is 4.90 Å². The topological polar surface area (TPSA) is 104 Å². The Morgan fingerprint density at radius 2 is 2.13 bits per heavy atom. The molecule has 78 valence electrons. The summed E-state index contributed by atoms with van der Waals surface area (Å²) >= 11 is 0. The molecule has 0 radical (unpaired) electrons. The number of primary sulfonamides is 1. The quantitative estimate of drug-likeness (QED) is 0.728. The molecular formula is C7H7N5O2S. The van der Waals surface area contributed by atoms with Crippen LogP contribution in [0.5, 0.6) is 0 Å². The molecule has 0 aliphatic rings. The second-order valence-corrected chi connectivity index (χ2v) is 4.31. The highest BCUT2D eigenvalue weighted by Crippen LogP contribution is 2.07. The first-order chi connectivity index (χ1) is 7.07. The Labute approximate surface area is 85.6 Å². The van der Waals surface area contributed by atoms with E-state index >= 15 is 0 Å². The Morgan fingerprint density at radius 1 is 1.33 bits per heavy atom. The maximum atomic E-state index is 10.9. The summed E-state index contributed by atoms with van der Waals surface area (Å²) in [4.78, 5) is 3.85. The molecular weight excluding hydrogens is 218 g/mol. The summed E-state index contributed by atoms with van der Waals surface area (Å²) < 4.78 is 23.3. The molecule has 7 nitrogen and oxygen atoms in total.